The van der Waals surface area contributed by atoms with Crippen LogP contribution in [0.5, 0.6) is 0 Å². The van der Waals surface area contributed by atoms with E-state index in [1.807, 2.05) is 26.0 Å². The molecule has 0 spiro atoms. The Kier molecular flexibility index (Phi) is 25.0. The number of hydrogen-bond acceptors (Lipinski definition) is 2. The SMILES string of the molecule is C=CCC.C=CCC.CC.CC(C)(c1ccccc1)c1ccccc1.CN=C=O. The lowest BCUT2D eigenvalue weighted by Gasteiger charge is -2.25. The molecule has 0 saturated carbocycles. The molecule has 0 N–H and O–H groups in total. The van der Waals surface area contributed by atoms with E-state index in [-0.39, 0.29) is 5.41 Å². The Labute approximate surface area is 180 Å². The van der Waals surface area contributed by atoms with Crippen LogP contribution in [0.15, 0.2) is 91.0 Å². The second kappa shape index (κ2) is 23.3. The van der Waals surface area contributed by atoms with Gasteiger partial charge >= 0.3 is 0 Å². The van der Waals surface area contributed by atoms with Crippen molar-refractivity contribution < 1.29 is 4.79 Å². The van der Waals surface area contributed by atoms with E-state index in [1.165, 1.54) is 24.3 Å². The summed E-state index contributed by atoms with van der Waals surface area (Å²) in [5, 5.41) is 0. The predicted octanol–water partition coefficient (Wildman–Crippen LogP) is 8.16. The number of rotatable bonds is 4. The van der Waals surface area contributed by atoms with Gasteiger partial charge in [0.2, 0.25) is 6.08 Å². The number of aliphatic imine (C=N–C) groups is 1. The van der Waals surface area contributed by atoms with Gasteiger partial charge in [0.05, 0.1) is 0 Å². The van der Waals surface area contributed by atoms with E-state index in [0.717, 1.165) is 12.8 Å². The van der Waals surface area contributed by atoms with Crippen LogP contribution in [0.1, 0.15) is 65.5 Å². The monoisotopic (exact) mass is 395 g/mol. The van der Waals surface area contributed by atoms with Crippen LogP contribution in [0.4, 0.5) is 0 Å². The van der Waals surface area contributed by atoms with Gasteiger partial charge in [0.15, 0.2) is 0 Å². The number of isocyanates is 1. The minimum Gasteiger partial charge on any atom is -0.211 e. The summed E-state index contributed by atoms with van der Waals surface area (Å²) in [5.74, 6) is 0. The van der Waals surface area contributed by atoms with Crippen molar-refractivity contribution >= 4 is 6.08 Å². The predicted molar refractivity (Wildman–Crippen MR) is 131 cm³/mol. The van der Waals surface area contributed by atoms with Crippen molar-refractivity contribution in [1.29, 1.82) is 0 Å². The first-order valence-electron chi connectivity index (χ1n) is 10.2. The molecule has 2 heteroatoms. The second-order valence-electron chi connectivity index (χ2n) is 6.07. The first-order chi connectivity index (χ1) is 14.0. The third kappa shape index (κ3) is 17.1. The summed E-state index contributed by atoms with van der Waals surface area (Å²) >= 11 is 0. The van der Waals surface area contributed by atoms with E-state index in [2.05, 4.69) is 107 Å². The van der Waals surface area contributed by atoms with Crippen molar-refractivity contribution in [3.63, 3.8) is 0 Å². The van der Waals surface area contributed by atoms with E-state index in [1.54, 1.807) is 0 Å². The van der Waals surface area contributed by atoms with E-state index in [0.29, 0.717) is 0 Å². The Hall–Kier alpha value is -2.70. The van der Waals surface area contributed by atoms with Gasteiger partial charge in [-0.05, 0) is 24.0 Å². The second-order valence-corrected chi connectivity index (χ2v) is 6.07. The largest absolute Gasteiger partial charge is 0.234 e. The van der Waals surface area contributed by atoms with Crippen molar-refractivity contribution in [3.05, 3.63) is 97.1 Å². The van der Waals surface area contributed by atoms with E-state index in [4.69, 9.17) is 4.79 Å². The van der Waals surface area contributed by atoms with Crippen LogP contribution < -0.4 is 0 Å². The van der Waals surface area contributed by atoms with Crippen LogP contribution in [0.2, 0.25) is 0 Å². The zero-order valence-corrected chi connectivity index (χ0v) is 19.6. The molecule has 29 heavy (non-hydrogen) atoms. The smallest absolute Gasteiger partial charge is 0.211 e. The van der Waals surface area contributed by atoms with E-state index in [9.17, 15) is 0 Å². The van der Waals surface area contributed by atoms with Gasteiger partial charge in [-0.1, -0.05) is 114 Å². The van der Waals surface area contributed by atoms with E-state index < -0.39 is 0 Å². The molecule has 0 heterocycles. The number of carbonyl (C=O) groups excluding carboxylic acids is 1. The van der Waals surface area contributed by atoms with Crippen LogP contribution in [0.25, 0.3) is 0 Å². The molecule has 0 saturated heterocycles. The molecular weight excluding hydrogens is 354 g/mol. The fraction of sp³-hybridized carbons (Fsp3) is 0.370. The van der Waals surface area contributed by atoms with Gasteiger partial charge in [-0.15, -0.1) is 13.2 Å². The topological polar surface area (TPSA) is 29.4 Å². The summed E-state index contributed by atoms with van der Waals surface area (Å²) < 4.78 is 0. The summed E-state index contributed by atoms with van der Waals surface area (Å²) in [4.78, 5) is 11.8. The quantitative estimate of drug-likeness (QED) is 0.292. The highest BCUT2D eigenvalue weighted by Gasteiger charge is 2.21. The van der Waals surface area contributed by atoms with Gasteiger partial charge < -0.3 is 0 Å². The van der Waals surface area contributed by atoms with Gasteiger partial charge in [0, 0.05) is 12.5 Å². The summed E-state index contributed by atoms with van der Waals surface area (Å²) in [6.45, 7) is 19.6. The molecule has 0 amide bonds. The fourth-order valence-corrected chi connectivity index (χ4v) is 1.88. The standard InChI is InChI=1S/C15H16.2C4H8.C2H3NO.C2H6/c1-15(2,13-9-5-3-6-10-13)14-11-7-4-8-12-14;2*1-3-4-2;1-3-2-4;1-2/h3-12H,1-2H3;2*3H,1,4H2,2H3;1H3;1-2H3. The van der Waals surface area contributed by atoms with Gasteiger partial charge in [-0.2, -0.15) is 0 Å². The average molecular weight is 396 g/mol. The fourth-order valence-electron chi connectivity index (χ4n) is 1.88. The molecule has 0 radical (unpaired) electrons. The zero-order chi connectivity index (χ0) is 23.0. The normalized spacial score (nSPS) is 8.38. The number of nitrogens with zero attached hydrogens (tertiary/aromatic N) is 1. The summed E-state index contributed by atoms with van der Waals surface area (Å²) in [5.41, 5.74) is 2.80. The van der Waals surface area contributed by atoms with Gasteiger partial charge in [-0.25, -0.2) is 9.79 Å². The maximum absolute atomic E-state index is 8.88. The minimum absolute atomic E-state index is 0.0858. The van der Waals surface area contributed by atoms with Crippen LogP contribution >= 0.6 is 0 Å². The first-order valence-corrected chi connectivity index (χ1v) is 10.2. The third-order valence-corrected chi connectivity index (χ3v) is 3.66. The lowest BCUT2D eigenvalue weighted by Crippen LogP contribution is -2.18. The molecule has 0 bridgehead atoms. The average Bonchev–Trinajstić information content (AvgIpc) is 2.82. The lowest BCUT2D eigenvalue weighted by molar-refractivity contribution is 0.564. The molecule has 0 aliphatic carbocycles. The molecular formula is C27H41NO. The van der Waals surface area contributed by atoms with Crippen molar-refractivity contribution in [3.8, 4) is 0 Å². The summed E-state index contributed by atoms with van der Waals surface area (Å²) in [6, 6.07) is 21.3. The first kappa shape index (κ1) is 31.0. The lowest BCUT2D eigenvalue weighted by atomic mass is 9.78. The van der Waals surface area contributed by atoms with Crippen molar-refractivity contribution in [1.82, 2.24) is 0 Å². The van der Waals surface area contributed by atoms with Crippen LogP contribution in [0, 0.1) is 0 Å². The molecule has 0 atom stereocenters. The number of benzene rings is 2. The Morgan fingerprint density at radius 2 is 1.07 bits per heavy atom. The third-order valence-electron chi connectivity index (χ3n) is 3.66. The highest BCUT2D eigenvalue weighted by atomic mass is 16.1. The molecule has 0 aromatic heterocycles. The Bertz CT molecular complexity index is 589. The van der Waals surface area contributed by atoms with Crippen molar-refractivity contribution in [2.45, 2.75) is 59.8 Å². The van der Waals surface area contributed by atoms with Gasteiger partial charge in [0.25, 0.3) is 0 Å². The Balaban J connectivity index is -0.000000400. The highest BCUT2D eigenvalue weighted by Crippen LogP contribution is 2.30. The number of allylic oxidation sites excluding steroid dienone is 2. The molecule has 2 aromatic carbocycles. The summed E-state index contributed by atoms with van der Waals surface area (Å²) in [6.07, 6.45) is 7.22. The molecule has 160 valence electrons. The van der Waals surface area contributed by atoms with Crippen LogP contribution in [0.3, 0.4) is 0 Å². The molecule has 0 aliphatic rings. The maximum Gasteiger partial charge on any atom is 0.234 e. The molecule has 2 nitrogen and oxygen atoms in total. The molecule has 2 rings (SSSR count). The Morgan fingerprint density at radius 1 is 0.828 bits per heavy atom. The molecule has 2 aromatic rings. The van der Waals surface area contributed by atoms with Gasteiger partial charge in [-0.3, -0.25) is 0 Å². The molecule has 0 fully saturated rings. The Morgan fingerprint density at radius 3 is 1.24 bits per heavy atom. The van der Waals surface area contributed by atoms with Crippen molar-refractivity contribution in [2.75, 3.05) is 7.05 Å². The highest BCUT2D eigenvalue weighted by molar-refractivity contribution is 5.36. The summed E-state index contributed by atoms with van der Waals surface area (Å²) in [7, 11) is 1.38. The number of hydrogen-bond donors (Lipinski definition) is 0. The van der Waals surface area contributed by atoms with Crippen LogP contribution in [-0.4, -0.2) is 13.1 Å². The molecule has 0 unspecified atom stereocenters. The maximum atomic E-state index is 8.88. The van der Waals surface area contributed by atoms with Crippen molar-refractivity contribution in [2.24, 2.45) is 4.99 Å². The van der Waals surface area contributed by atoms with Gasteiger partial charge in [0.1, 0.15) is 0 Å². The van der Waals surface area contributed by atoms with E-state index >= 15 is 0 Å². The van der Waals surface area contributed by atoms with Crippen LogP contribution in [-0.2, 0) is 10.2 Å². The zero-order valence-electron chi connectivity index (χ0n) is 19.6. The molecule has 0 aliphatic heterocycles. The minimum atomic E-state index is 0.0858.